The van der Waals surface area contributed by atoms with Crippen LogP contribution in [0.5, 0.6) is 0 Å². The largest absolute Gasteiger partial charge is 0.327 e. The van der Waals surface area contributed by atoms with E-state index in [4.69, 9.17) is 0 Å². The minimum absolute atomic E-state index is 0.273. The maximum Gasteiger partial charge on any atom is 0.226 e. The highest BCUT2D eigenvalue weighted by molar-refractivity contribution is 8.00. The minimum atomic E-state index is 0.273. The fourth-order valence-electron chi connectivity index (χ4n) is 1.89. The minimum Gasteiger partial charge on any atom is -0.327 e. The van der Waals surface area contributed by atoms with E-state index in [-0.39, 0.29) is 5.92 Å². The van der Waals surface area contributed by atoms with Gasteiger partial charge in [-0.05, 0) is 13.3 Å². The molecule has 3 heteroatoms. The summed E-state index contributed by atoms with van der Waals surface area (Å²) in [6.45, 7) is 4.18. The van der Waals surface area contributed by atoms with Crippen LogP contribution < -0.4 is 0 Å². The van der Waals surface area contributed by atoms with Crippen molar-refractivity contribution in [3.05, 3.63) is 0 Å². The average molecular weight is 171 g/mol. The van der Waals surface area contributed by atoms with Crippen molar-refractivity contribution in [2.75, 3.05) is 5.75 Å². The molecule has 2 rings (SSSR count). The van der Waals surface area contributed by atoms with Gasteiger partial charge in [0.15, 0.2) is 0 Å². The molecule has 0 N–H and O–H groups in total. The summed E-state index contributed by atoms with van der Waals surface area (Å²) in [7, 11) is 0. The number of hydrogen-bond donors (Lipinski definition) is 0. The molecule has 2 saturated heterocycles. The van der Waals surface area contributed by atoms with Crippen LogP contribution >= 0.6 is 11.8 Å². The molecule has 0 aromatic rings. The Morgan fingerprint density at radius 1 is 1.55 bits per heavy atom. The Hall–Kier alpha value is -0.180. The van der Waals surface area contributed by atoms with Crippen molar-refractivity contribution in [2.45, 2.75) is 31.7 Å². The maximum absolute atomic E-state index is 11.5. The van der Waals surface area contributed by atoms with Gasteiger partial charge in [-0.15, -0.1) is 11.8 Å². The van der Waals surface area contributed by atoms with Gasteiger partial charge < -0.3 is 4.90 Å². The van der Waals surface area contributed by atoms with E-state index < -0.39 is 0 Å². The van der Waals surface area contributed by atoms with E-state index in [1.54, 1.807) is 0 Å². The van der Waals surface area contributed by atoms with Gasteiger partial charge in [-0.2, -0.15) is 0 Å². The molecule has 0 saturated carbocycles. The fourth-order valence-corrected chi connectivity index (χ4v) is 3.45. The summed E-state index contributed by atoms with van der Waals surface area (Å²) >= 11 is 1.93. The number of amides is 1. The third-order valence-electron chi connectivity index (χ3n) is 2.55. The van der Waals surface area contributed by atoms with Gasteiger partial charge in [-0.3, -0.25) is 4.79 Å². The van der Waals surface area contributed by atoms with Gasteiger partial charge in [0.05, 0.1) is 5.37 Å². The lowest BCUT2D eigenvalue weighted by Crippen LogP contribution is -2.34. The second-order valence-electron chi connectivity index (χ2n) is 3.52. The molecular formula is C8H13NOS. The molecular weight excluding hydrogens is 158 g/mol. The van der Waals surface area contributed by atoms with Crippen molar-refractivity contribution in [2.24, 2.45) is 5.92 Å². The van der Waals surface area contributed by atoms with Gasteiger partial charge in [0, 0.05) is 17.7 Å². The Morgan fingerprint density at radius 3 is 2.91 bits per heavy atom. The first-order chi connectivity index (χ1) is 5.20. The molecule has 0 unspecified atom stereocenters. The molecule has 0 radical (unpaired) electrons. The normalized spacial score (nSPS) is 43.3. The SMILES string of the molecule is C[C@@H]1CS[C@@H]2C[C@H](C)C(=O)N12. The molecule has 62 valence electrons. The summed E-state index contributed by atoms with van der Waals surface area (Å²) in [4.78, 5) is 13.6. The number of hydrogen-bond acceptors (Lipinski definition) is 2. The van der Waals surface area contributed by atoms with Gasteiger partial charge >= 0.3 is 0 Å². The van der Waals surface area contributed by atoms with Crippen LogP contribution in [-0.4, -0.2) is 28.0 Å². The maximum atomic E-state index is 11.5. The van der Waals surface area contributed by atoms with Crippen molar-refractivity contribution in [1.29, 1.82) is 0 Å². The van der Waals surface area contributed by atoms with E-state index in [9.17, 15) is 4.79 Å². The Bertz CT molecular complexity index is 195. The molecule has 0 spiro atoms. The molecule has 0 bridgehead atoms. The molecule has 11 heavy (non-hydrogen) atoms. The highest BCUT2D eigenvalue weighted by Gasteiger charge is 2.43. The molecule has 0 aromatic carbocycles. The van der Waals surface area contributed by atoms with Gasteiger partial charge in [0.25, 0.3) is 0 Å². The number of fused-ring (bicyclic) bond motifs is 1. The van der Waals surface area contributed by atoms with Gasteiger partial charge in [0.2, 0.25) is 5.91 Å². The molecule has 2 aliphatic rings. The third-order valence-corrected chi connectivity index (χ3v) is 4.03. The van der Waals surface area contributed by atoms with Crippen LogP contribution in [0.2, 0.25) is 0 Å². The molecule has 0 aromatic heterocycles. The quantitative estimate of drug-likeness (QED) is 0.548. The van der Waals surface area contributed by atoms with Crippen molar-refractivity contribution in [3.63, 3.8) is 0 Å². The van der Waals surface area contributed by atoms with Gasteiger partial charge in [-0.25, -0.2) is 0 Å². The zero-order valence-corrected chi connectivity index (χ0v) is 7.73. The smallest absolute Gasteiger partial charge is 0.226 e. The Morgan fingerprint density at radius 2 is 2.27 bits per heavy atom. The summed E-state index contributed by atoms with van der Waals surface area (Å²) in [6, 6.07) is 0.474. The van der Waals surface area contributed by atoms with Crippen molar-refractivity contribution in [1.82, 2.24) is 4.90 Å². The zero-order valence-electron chi connectivity index (χ0n) is 6.91. The number of rotatable bonds is 0. The second-order valence-corrected chi connectivity index (χ2v) is 4.73. The van der Waals surface area contributed by atoms with Crippen LogP contribution in [0.15, 0.2) is 0 Å². The lowest BCUT2D eigenvalue weighted by Gasteiger charge is -2.19. The average Bonchev–Trinajstić information content (AvgIpc) is 2.41. The molecule has 2 fully saturated rings. The van der Waals surface area contributed by atoms with Crippen LogP contribution in [0, 0.1) is 5.92 Å². The van der Waals surface area contributed by atoms with Crippen molar-refractivity contribution < 1.29 is 4.79 Å². The topological polar surface area (TPSA) is 20.3 Å². The van der Waals surface area contributed by atoms with E-state index in [0.29, 0.717) is 17.3 Å². The highest BCUT2D eigenvalue weighted by atomic mass is 32.2. The number of carbonyl (C=O) groups is 1. The van der Waals surface area contributed by atoms with Crippen LogP contribution in [0.1, 0.15) is 20.3 Å². The zero-order chi connectivity index (χ0) is 8.01. The van der Waals surface area contributed by atoms with E-state index >= 15 is 0 Å². The Labute approximate surface area is 71.3 Å². The lowest BCUT2D eigenvalue weighted by atomic mass is 10.1. The van der Waals surface area contributed by atoms with Crippen LogP contribution in [0.3, 0.4) is 0 Å². The summed E-state index contributed by atoms with van der Waals surface area (Å²) in [5.74, 6) is 1.77. The first-order valence-corrected chi connectivity index (χ1v) is 5.19. The van der Waals surface area contributed by atoms with Gasteiger partial charge in [-0.1, -0.05) is 6.92 Å². The summed E-state index contributed by atoms with van der Waals surface area (Å²) in [5.41, 5.74) is 0. The lowest BCUT2D eigenvalue weighted by molar-refractivity contribution is -0.131. The fraction of sp³-hybridized carbons (Fsp3) is 0.875. The Kier molecular flexibility index (Phi) is 1.63. The van der Waals surface area contributed by atoms with Crippen molar-refractivity contribution >= 4 is 17.7 Å². The predicted molar refractivity (Wildman–Crippen MR) is 46.3 cm³/mol. The molecule has 2 nitrogen and oxygen atoms in total. The van der Waals surface area contributed by atoms with Crippen LogP contribution in [0.25, 0.3) is 0 Å². The second kappa shape index (κ2) is 2.41. The highest BCUT2D eigenvalue weighted by Crippen LogP contribution is 2.39. The monoisotopic (exact) mass is 171 g/mol. The molecule has 2 aliphatic heterocycles. The van der Waals surface area contributed by atoms with Crippen LogP contribution in [-0.2, 0) is 4.79 Å². The predicted octanol–water partition coefficient (Wildman–Crippen LogP) is 1.32. The number of thioether (sulfide) groups is 1. The standard InChI is InChI=1S/C8H13NOS/c1-5-3-7-9(8(5)10)6(2)4-11-7/h5-7H,3-4H2,1-2H3/t5-,6+,7+/m0/s1. The molecule has 2 heterocycles. The van der Waals surface area contributed by atoms with Gasteiger partial charge in [0.1, 0.15) is 0 Å². The summed E-state index contributed by atoms with van der Waals surface area (Å²) in [5, 5.41) is 0.507. The van der Waals surface area contributed by atoms with E-state index in [2.05, 4.69) is 11.8 Å². The first kappa shape index (κ1) is 7.47. The molecule has 0 aliphatic carbocycles. The number of nitrogens with zero attached hydrogens (tertiary/aromatic N) is 1. The van der Waals surface area contributed by atoms with E-state index in [1.165, 1.54) is 0 Å². The first-order valence-electron chi connectivity index (χ1n) is 4.14. The summed E-state index contributed by atoms with van der Waals surface area (Å²) < 4.78 is 0. The van der Waals surface area contributed by atoms with Crippen LogP contribution in [0.4, 0.5) is 0 Å². The third kappa shape index (κ3) is 0.975. The number of carbonyl (C=O) groups excluding carboxylic acids is 1. The summed E-state index contributed by atoms with van der Waals surface area (Å²) in [6.07, 6.45) is 1.06. The van der Waals surface area contributed by atoms with E-state index in [1.807, 2.05) is 18.7 Å². The molecule has 1 amide bonds. The van der Waals surface area contributed by atoms with Crippen molar-refractivity contribution in [3.8, 4) is 0 Å². The molecule has 3 atom stereocenters. The Balaban J connectivity index is 2.20. The van der Waals surface area contributed by atoms with E-state index in [0.717, 1.165) is 12.2 Å².